The molecule has 0 unspecified atom stereocenters. The number of nitrogens with one attached hydrogen (secondary N) is 2. The predicted octanol–water partition coefficient (Wildman–Crippen LogP) is 3.85. The molecule has 0 radical (unpaired) electrons. The highest BCUT2D eigenvalue weighted by Crippen LogP contribution is 2.32. The van der Waals surface area contributed by atoms with E-state index in [0.717, 1.165) is 11.6 Å². The van der Waals surface area contributed by atoms with Crippen LogP contribution in [0, 0.1) is 12.7 Å². The first-order valence-corrected chi connectivity index (χ1v) is 10.9. The SMILES string of the molecule is CCOc1nc(-c2ccc(NS(=O)(=O)c3cc(C)ccc3F)cc2)cc2[nH]nc(N)c12. The van der Waals surface area contributed by atoms with Gasteiger partial charge in [-0.15, -0.1) is 0 Å². The smallest absolute Gasteiger partial charge is 0.264 e. The first-order valence-electron chi connectivity index (χ1n) is 9.45. The molecule has 0 aliphatic heterocycles. The van der Waals surface area contributed by atoms with Crippen LogP contribution < -0.4 is 15.2 Å². The van der Waals surface area contributed by atoms with Crippen molar-refractivity contribution in [1.29, 1.82) is 0 Å². The molecule has 31 heavy (non-hydrogen) atoms. The Labute approximate surface area is 178 Å². The summed E-state index contributed by atoms with van der Waals surface area (Å²) in [7, 11) is -4.07. The van der Waals surface area contributed by atoms with Crippen LogP contribution in [-0.2, 0) is 10.0 Å². The molecule has 2 heterocycles. The summed E-state index contributed by atoms with van der Waals surface area (Å²) in [5, 5.41) is 7.45. The third kappa shape index (κ3) is 4.02. The van der Waals surface area contributed by atoms with Gasteiger partial charge >= 0.3 is 0 Å². The van der Waals surface area contributed by atoms with Gasteiger partial charge in [-0.25, -0.2) is 17.8 Å². The number of hydrogen-bond acceptors (Lipinski definition) is 6. The second kappa shape index (κ2) is 7.88. The Morgan fingerprint density at radius 3 is 2.61 bits per heavy atom. The Morgan fingerprint density at radius 1 is 1.16 bits per heavy atom. The maximum atomic E-state index is 14.0. The normalized spacial score (nSPS) is 11.6. The minimum atomic E-state index is -4.07. The molecule has 0 spiro atoms. The van der Waals surface area contributed by atoms with E-state index in [2.05, 4.69) is 19.9 Å². The van der Waals surface area contributed by atoms with Gasteiger partial charge in [0, 0.05) is 11.3 Å². The van der Waals surface area contributed by atoms with Crippen molar-refractivity contribution in [3.8, 4) is 17.1 Å². The third-order valence-corrected chi connectivity index (χ3v) is 6.03. The van der Waals surface area contributed by atoms with Crippen LogP contribution in [0.4, 0.5) is 15.9 Å². The van der Waals surface area contributed by atoms with E-state index in [9.17, 15) is 12.8 Å². The van der Waals surface area contributed by atoms with Crippen LogP contribution in [0.5, 0.6) is 5.88 Å². The van der Waals surface area contributed by atoms with E-state index in [-0.39, 0.29) is 0 Å². The Hall–Kier alpha value is -3.66. The highest BCUT2D eigenvalue weighted by atomic mass is 32.2. The Balaban J connectivity index is 1.65. The zero-order valence-electron chi connectivity index (χ0n) is 16.8. The van der Waals surface area contributed by atoms with Crippen LogP contribution in [0.25, 0.3) is 22.2 Å². The monoisotopic (exact) mass is 441 g/mol. The van der Waals surface area contributed by atoms with Crippen molar-refractivity contribution < 1.29 is 17.5 Å². The number of aromatic nitrogens is 3. The number of nitrogen functional groups attached to an aromatic ring is 1. The summed E-state index contributed by atoms with van der Waals surface area (Å²) < 4.78 is 47.2. The van der Waals surface area contributed by atoms with Gasteiger partial charge in [0.15, 0.2) is 5.82 Å². The van der Waals surface area contributed by atoms with Gasteiger partial charge in [-0.2, -0.15) is 5.10 Å². The summed E-state index contributed by atoms with van der Waals surface area (Å²) in [4.78, 5) is 4.12. The lowest BCUT2D eigenvalue weighted by atomic mass is 10.1. The first-order chi connectivity index (χ1) is 14.8. The van der Waals surface area contributed by atoms with Gasteiger partial charge in [-0.3, -0.25) is 9.82 Å². The summed E-state index contributed by atoms with van der Waals surface area (Å²) in [5.74, 6) is -0.152. The largest absolute Gasteiger partial charge is 0.477 e. The molecule has 0 atom stereocenters. The van der Waals surface area contributed by atoms with E-state index in [1.54, 1.807) is 37.3 Å². The van der Waals surface area contributed by atoms with E-state index in [1.165, 1.54) is 12.1 Å². The molecule has 0 saturated carbocycles. The number of anilines is 2. The van der Waals surface area contributed by atoms with E-state index in [4.69, 9.17) is 10.5 Å². The van der Waals surface area contributed by atoms with Crippen molar-refractivity contribution in [1.82, 2.24) is 15.2 Å². The lowest BCUT2D eigenvalue weighted by Gasteiger charge is -2.11. The number of nitrogens with two attached hydrogens (primary N) is 1. The molecule has 0 fully saturated rings. The number of nitrogens with zero attached hydrogens (tertiary/aromatic N) is 2. The van der Waals surface area contributed by atoms with E-state index < -0.39 is 20.7 Å². The molecule has 160 valence electrons. The molecule has 4 rings (SSSR count). The van der Waals surface area contributed by atoms with Crippen molar-refractivity contribution in [2.75, 3.05) is 17.1 Å². The number of pyridine rings is 1. The summed E-state index contributed by atoms with van der Waals surface area (Å²) in [5.41, 5.74) is 8.81. The minimum Gasteiger partial charge on any atom is -0.477 e. The van der Waals surface area contributed by atoms with Crippen LogP contribution in [-0.4, -0.2) is 30.2 Å². The summed E-state index contributed by atoms with van der Waals surface area (Å²) in [6.07, 6.45) is 0. The quantitative estimate of drug-likeness (QED) is 0.418. The topological polar surface area (TPSA) is 123 Å². The van der Waals surface area contributed by atoms with Gasteiger partial charge in [-0.1, -0.05) is 18.2 Å². The zero-order valence-corrected chi connectivity index (χ0v) is 17.6. The highest BCUT2D eigenvalue weighted by molar-refractivity contribution is 7.92. The molecule has 0 aliphatic carbocycles. The molecular formula is C21H20FN5O3S. The molecule has 10 heteroatoms. The lowest BCUT2D eigenvalue weighted by Crippen LogP contribution is -2.14. The molecule has 8 nitrogen and oxygen atoms in total. The van der Waals surface area contributed by atoms with Gasteiger partial charge in [0.1, 0.15) is 16.1 Å². The van der Waals surface area contributed by atoms with Gasteiger partial charge in [0.25, 0.3) is 10.0 Å². The number of hydrogen-bond donors (Lipinski definition) is 3. The van der Waals surface area contributed by atoms with Crippen LogP contribution >= 0.6 is 0 Å². The van der Waals surface area contributed by atoms with Crippen molar-refractivity contribution in [3.05, 3.63) is 59.9 Å². The average molecular weight is 441 g/mol. The highest BCUT2D eigenvalue weighted by Gasteiger charge is 2.20. The number of fused-ring (bicyclic) bond motifs is 1. The maximum absolute atomic E-state index is 14.0. The second-order valence-corrected chi connectivity index (χ2v) is 8.54. The summed E-state index contributed by atoms with van der Waals surface area (Å²) >= 11 is 0. The molecule has 4 aromatic rings. The fourth-order valence-electron chi connectivity index (χ4n) is 3.16. The maximum Gasteiger partial charge on any atom is 0.264 e. The van der Waals surface area contributed by atoms with E-state index >= 15 is 0 Å². The number of H-pyrrole nitrogens is 1. The third-order valence-electron chi connectivity index (χ3n) is 4.63. The number of rotatable bonds is 6. The average Bonchev–Trinajstić information content (AvgIpc) is 3.11. The van der Waals surface area contributed by atoms with Crippen LogP contribution in [0.15, 0.2) is 53.4 Å². The predicted molar refractivity (Wildman–Crippen MR) is 117 cm³/mol. The van der Waals surface area contributed by atoms with Gasteiger partial charge in [0.2, 0.25) is 5.88 Å². The number of benzene rings is 2. The molecular weight excluding hydrogens is 421 g/mol. The number of sulfonamides is 1. The fraction of sp³-hybridized carbons (Fsp3) is 0.143. The lowest BCUT2D eigenvalue weighted by molar-refractivity contribution is 0.332. The molecule has 0 amide bonds. The van der Waals surface area contributed by atoms with E-state index in [1.807, 2.05) is 6.92 Å². The second-order valence-electron chi connectivity index (χ2n) is 6.89. The fourth-order valence-corrected chi connectivity index (χ4v) is 4.38. The Bertz CT molecular complexity index is 1370. The minimum absolute atomic E-state index is 0.293. The van der Waals surface area contributed by atoms with E-state index in [0.29, 0.717) is 46.2 Å². The Morgan fingerprint density at radius 2 is 1.90 bits per heavy atom. The Kier molecular flexibility index (Phi) is 5.24. The van der Waals surface area contributed by atoms with Gasteiger partial charge in [0.05, 0.1) is 17.8 Å². The van der Waals surface area contributed by atoms with Crippen LogP contribution in [0.1, 0.15) is 12.5 Å². The van der Waals surface area contributed by atoms with Gasteiger partial charge in [-0.05, 0) is 49.7 Å². The van der Waals surface area contributed by atoms with Crippen LogP contribution in [0.2, 0.25) is 0 Å². The number of halogens is 1. The molecule has 0 aliphatic rings. The van der Waals surface area contributed by atoms with Crippen LogP contribution in [0.3, 0.4) is 0 Å². The first kappa shape index (κ1) is 20.6. The molecule has 0 saturated heterocycles. The molecule has 0 bridgehead atoms. The molecule has 4 N–H and O–H groups in total. The summed E-state index contributed by atoms with van der Waals surface area (Å²) in [6, 6.07) is 12.3. The standard InChI is InChI=1S/C21H20FN5O3S/c1-3-30-21-19-17(25-26-20(19)23)11-16(24-21)13-5-7-14(8-6-13)27-31(28,29)18-10-12(2)4-9-15(18)22/h4-11,27H,3H2,1-2H3,(H3,23,25,26). The van der Waals surface area contributed by atoms with Crippen molar-refractivity contribution in [3.63, 3.8) is 0 Å². The van der Waals surface area contributed by atoms with Crippen molar-refractivity contribution >= 4 is 32.4 Å². The number of aryl methyl sites for hydroxylation is 1. The van der Waals surface area contributed by atoms with Gasteiger partial charge < -0.3 is 10.5 Å². The number of aromatic amines is 1. The summed E-state index contributed by atoms with van der Waals surface area (Å²) in [6.45, 7) is 3.95. The zero-order chi connectivity index (χ0) is 22.2. The van der Waals surface area contributed by atoms with Crippen molar-refractivity contribution in [2.24, 2.45) is 0 Å². The molecule has 2 aromatic carbocycles. The number of ether oxygens (including phenoxy) is 1. The molecule has 2 aromatic heterocycles. The van der Waals surface area contributed by atoms with Crippen molar-refractivity contribution in [2.45, 2.75) is 18.7 Å².